The minimum atomic E-state index is -0.667. The molecule has 1 amide bonds. The number of nitrogens with one attached hydrogen (secondary N) is 1. The molecule has 0 saturated heterocycles. The Labute approximate surface area is 481 Å². The molecule has 0 fully saturated rings. The van der Waals surface area contributed by atoms with Crippen LogP contribution >= 0.6 is 0 Å². The van der Waals surface area contributed by atoms with E-state index >= 15 is 0 Å². The van der Waals surface area contributed by atoms with Gasteiger partial charge in [-0.05, 0) is 77.0 Å². The zero-order valence-corrected chi connectivity index (χ0v) is 52.2. The van der Waals surface area contributed by atoms with Gasteiger partial charge in [0.15, 0.2) is 0 Å². The molecule has 0 aliphatic carbocycles. The van der Waals surface area contributed by atoms with Crippen molar-refractivity contribution in [2.45, 2.75) is 405 Å². The van der Waals surface area contributed by atoms with E-state index in [0.717, 1.165) is 44.9 Å². The standard InChI is InChI=1S/C71H137NO5/c1-3-5-7-9-11-13-15-17-19-21-29-32-35-39-43-47-51-55-59-63-69(74)68(67-73)72-70(75)64-60-56-52-48-44-40-36-33-30-27-25-23-22-24-26-28-31-34-38-42-46-50-54-58-62-66-77-71(76)65-61-57-53-49-45-41-37-20-18-16-14-12-10-8-6-4-2/h20,23,25,37,68-69,73-74H,3-19,21-22,24,26-36,38-67H2,1-2H3,(H,72,75)/b25-23-,37-20-. The van der Waals surface area contributed by atoms with Gasteiger partial charge in [-0.1, -0.05) is 327 Å². The molecule has 2 unspecified atom stereocenters. The molecular formula is C71H137NO5. The van der Waals surface area contributed by atoms with E-state index in [2.05, 4.69) is 43.5 Å². The summed E-state index contributed by atoms with van der Waals surface area (Å²) in [4.78, 5) is 24.6. The van der Waals surface area contributed by atoms with Gasteiger partial charge < -0.3 is 20.3 Å². The molecular weight excluding hydrogens is 947 g/mol. The van der Waals surface area contributed by atoms with Crippen molar-refractivity contribution < 1.29 is 24.5 Å². The third-order valence-electron chi connectivity index (χ3n) is 16.5. The number of hydrogen-bond donors (Lipinski definition) is 3. The predicted octanol–water partition coefficient (Wildman–Crippen LogP) is 22.5. The Morgan fingerprint density at radius 1 is 0.351 bits per heavy atom. The van der Waals surface area contributed by atoms with Gasteiger partial charge in [0.05, 0.1) is 25.4 Å². The molecule has 0 aliphatic heterocycles. The third-order valence-corrected chi connectivity index (χ3v) is 16.5. The number of allylic oxidation sites excluding steroid dienone is 4. The van der Waals surface area contributed by atoms with Crippen LogP contribution in [0.2, 0.25) is 0 Å². The zero-order chi connectivity index (χ0) is 55.7. The highest BCUT2D eigenvalue weighted by Crippen LogP contribution is 2.19. The van der Waals surface area contributed by atoms with Gasteiger partial charge >= 0.3 is 5.97 Å². The number of hydrogen-bond acceptors (Lipinski definition) is 5. The van der Waals surface area contributed by atoms with E-state index < -0.39 is 12.1 Å². The molecule has 2 atom stereocenters. The van der Waals surface area contributed by atoms with Gasteiger partial charge in [-0.25, -0.2) is 0 Å². The number of amides is 1. The van der Waals surface area contributed by atoms with Crippen molar-refractivity contribution in [1.29, 1.82) is 0 Å². The van der Waals surface area contributed by atoms with Gasteiger partial charge in [0.2, 0.25) is 5.91 Å². The first-order valence-corrected chi connectivity index (χ1v) is 35.1. The Kier molecular flexibility index (Phi) is 65.4. The van der Waals surface area contributed by atoms with Crippen molar-refractivity contribution in [2.75, 3.05) is 13.2 Å². The van der Waals surface area contributed by atoms with Crippen molar-refractivity contribution in [1.82, 2.24) is 5.32 Å². The molecule has 0 bridgehead atoms. The third kappa shape index (κ3) is 63.4. The summed E-state index contributed by atoms with van der Waals surface area (Å²) in [6.07, 6.45) is 83.6. The lowest BCUT2D eigenvalue weighted by atomic mass is 10.0. The van der Waals surface area contributed by atoms with Crippen LogP contribution in [0, 0.1) is 0 Å². The number of aliphatic hydroxyl groups is 2. The van der Waals surface area contributed by atoms with Crippen LogP contribution in [0.25, 0.3) is 0 Å². The Balaban J connectivity index is 3.39. The Hall–Kier alpha value is -1.66. The van der Waals surface area contributed by atoms with Gasteiger partial charge in [-0.3, -0.25) is 9.59 Å². The molecule has 456 valence electrons. The molecule has 6 nitrogen and oxygen atoms in total. The lowest BCUT2D eigenvalue weighted by molar-refractivity contribution is -0.143. The van der Waals surface area contributed by atoms with Gasteiger partial charge in [0.1, 0.15) is 0 Å². The van der Waals surface area contributed by atoms with Crippen LogP contribution in [0.15, 0.2) is 24.3 Å². The Bertz CT molecular complexity index is 1200. The summed E-state index contributed by atoms with van der Waals surface area (Å²) in [6.45, 7) is 4.98. The fourth-order valence-corrected chi connectivity index (χ4v) is 11.1. The van der Waals surface area contributed by atoms with E-state index in [1.807, 2.05) is 0 Å². The predicted molar refractivity (Wildman–Crippen MR) is 338 cm³/mol. The molecule has 6 heteroatoms. The molecule has 0 rings (SSSR count). The van der Waals surface area contributed by atoms with Crippen LogP contribution in [-0.2, 0) is 14.3 Å². The fraction of sp³-hybridized carbons (Fsp3) is 0.915. The number of carbonyl (C=O) groups is 2. The second kappa shape index (κ2) is 66.8. The maximum atomic E-state index is 12.5. The maximum absolute atomic E-state index is 12.5. The smallest absolute Gasteiger partial charge is 0.305 e. The normalized spacial score (nSPS) is 12.6. The van der Waals surface area contributed by atoms with Crippen molar-refractivity contribution >= 4 is 11.9 Å². The molecule has 3 N–H and O–H groups in total. The van der Waals surface area contributed by atoms with E-state index in [1.165, 1.54) is 315 Å². The SMILES string of the molecule is CCCCCCCCC/C=C\CCCCCCCC(=O)OCCCCCCCCCCCCCC/C=C\CCCCCCCCCCCC(=O)NC(CO)C(O)CCCCCCCCCCCCCCCCCCCCC. The Morgan fingerprint density at radius 3 is 0.922 bits per heavy atom. The van der Waals surface area contributed by atoms with Gasteiger partial charge in [-0.15, -0.1) is 0 Å². The van der Waals surface area contributed by atoms with Crippen LogP contribution in [-0.4, -0.2) is 47.4 Å². The van der Waals surface area contributed by atoms with Crippen LogP contribution < -0.4 is 5.32 Å². The number of aliphatic hydroxyl groups excluding tert-OH is 2. The largest absolute Gasteiger partial charge is 0.466 e. The molecule has 0 spiro atoms. The van der Waals surface area contributed by atoms with E-state index in [-0.39, 0.29) is 18.5 Å². The topological polar surface area (TPSA) is 95.9 Å². The maximum Gasteiger partial charge on any atom is 0.305 e. The fourth-order valence-electron chi connectivity index (χ4n) is 11.1. The summed E-state index contributed by atoms with van der Waals surface area (Å²) >= 11 is 0. The first kappa shape index (κ1) is 75.3. The van der Waals surface area contributed by atoms with Crippen molar-refractivity contribution in [2.24, 2.45) is 0 Å². The average molecular weight is 1080 g/mol. The number of rotatable bonds is 66. The highest BCUT2D eigenvalue weighted by molar-refractivity contribution is 5.76. The molecule has 0 radical (unpaired) electrons. The highest BCUT2D eigenvalue weighted by Gasteiger charge is 2.20. The molecule has 0 aromatic rings. The van der Waals surface area contributed by atoms with E-state index in [9.17, 15) is 19.8 Å². The monoisotopic (exact) mass is 1080 g/mol. The number of ether oxygens (including phenoxy) is 1. The summed E-state index contributed by atoms with van der Waals surface area (Å²) in [5.74, 6) is -0.0274. The summed E-state index contributed by atoms with van der Waals surface area (Å²) in [5.41, 5.74) is 0. The Morgan fingerprint density at radius 2 is 0.610 bits per heavy atom. The van der Waals surface area contributed by atoms with E-state index in [4.69, 9.17) is 4.74 Å². The lowest BCUT2D eigenvalue weighted by Crippen LogP contribution is -2.45. The van der Waals surface area contributed by atoms with Crippen LogP contribution in [0.1, 0.15) is 393 Å². The van der Waals surface area contributed by atoms with Crippen LogP contribution in [0.5, 0.6) is 0 Å². The van der Waals surface area contributed by atoms with Crippen molar-refractivity contribution in [3.8, 4) is 0 Å². The summed E-state index contributed by atoms with van der Waals surface area (Å²) < 4.78 is 5.49. The van der Waals surface area contributed by atoms with Gasteiger partial charge in [0, 0.05) is 12.8 Å². The molecule has 0 aromatic heterocycles. The first-order valence-electron chi connectivity index (χ1n) is 35.1. The lowest BCUT2D eigenvalue weighted by Gasteiger charge is -2.22. The summed E-state index contributed by atoms with van der Waals surface area (Å²) in [5, 5.41) is 23.4. The van der Waals surface area contributed by atoms with Gasteiger partial charge in [0.25, 0.3) is 0 Å². The highest BCUT2D eigenvalue weighted by atomic mass is 16.5. The quantitative estimate of drug-likeness (QED) is 0.0320. The van der Waals surface area contributed by atoms with E-state index in [0.29, 0.717) is 25.9 Å². The number of esters is 1. The molecule has 77 heavy (non-hydrogen) atoms. The second-order valence-electron chi connectivity index (χ2n) is 24.2. The summed E-state index contributed by atoms with van der Waals surface area (Å²) in [6, 6.07) is -0.544. The van der Waals surface area contributed by atoms with Crippen LogP contribution in [0.3, 0.4) is 0 Å². The summed E-state index contributed by atoms with van der Waals surface area (Å²) in [7, 11) is 0. The first-order chi connectivity index (χ1) is 38.0. The average Bonchev–Trinajstić information content (AvgIpc) is 3.43. The molecule has 0 saturated carbocycles. The van der Waals surface area contributed by atoms with Crippen molar-refractivity contribution in [3.05, 3.63) is 24.3 Å². The number of unbranched alkanes of at least 4 members (excludes halogenated alkanes) is 51. The number of carbonyl (C=O) groups excluding carboxylic acids is 2. The zero-order valence-electron chi connectivity index (χ0n) is 52.2. The minimum absolute atomic E-state index is 0.00690. The molecule has 0 aliphatic rings. The van der Waals surface area contributed by atoms with Crippen molar-refractivity contribution in [3.63, 3.8) is 0 Å². The molecule has 0 aromatic carbocycles. The van der Waals surface area contributed by atoms with E-state index in [1.54, 1.807) is 0 Å². The second-order valence-corrected chi connectivity index (χ2v) is 24.2. The molecule has 0 heterocycles. The minimum Gasteiger partial charge on any atom is -0.466 e. The van der Waals surface area contributed by atoms with Gasteiger partial charge in [-0.2, -0.15) is 0 Å². The van der Waals surface area contributed by atoms with Crippen LogP contribution in [0.4, 0.5) is 0 Å².